The third-order valence-corrected chi connectivity index (χ3v) is 7.12. The number of furan rings is 1. The Morgan fingerprint density at radius 2 is 1.94 bits per heavy atom. The van der Waals surface area contributed by atoms with Gasteiger partial charge in [0.05, 0.1) is 39.9 Å². The number of thiophene rings is 1. The van der Waals surface area contributed by atoms with E-state index in [1.807, 2.05) is 12.1 Å². The number of carbonyl (C=O) groups excluding carboxylic acids is 3. The number of hydrogen-bond donors (Lipinski definition) is 2. The third-order valence-electron chi connectivity index (χ3n) is 5.89. The summed E-state index contributed by atoms with van der Waals surface area (Å²) in [6.07, 6.45) is 2.58. The first-order chi connectivity index (χ1) is 17.0. The van der Waals surface area contributed by atoms with Crippen molar-refractivity contribution < 1.29 is 23.5 Å². The molecule has 35 heavy (non-hydrogen) atoms. The number of amides is 3. The van der Waals surface area contributed by atoms with Gasteiger partial charge in [0.2, 0.25) is 0 Å². The molecule has 0 spiro atoms. The van der Waals surface area contributed by atoms with Crippen LogP contribution in [-0.4, -0.2) is 50.2 Å². The highest BCUT2D eigenvalue weighted by Crippen LogP contribution is 2.34. The third kappa shape index (κ3) is 5.13. The van der Waals surface area contributed by atoms with Crippen molar-refractivity contribution in [3.8, 4) is 0 Å². The molecule has 3 amide bonds. The Labute approximate surface area is 210 Å². The largest absolute Gasteiger partial charge is 0.459 e. The van der Waals surface area contributed by atoms with Crippen LogP contribution in [0.1, 0.15) is 33.1 Å². The summed E-state index contributed by atoms with van der Waals surface area (Å²) >= 11 is 7.07. The van der Waals surface area contributed by atoms with Gasteiger partial charge in [0.1, 0.15) is 6.10 Å². The van der Waals surface area contributed by atoms with Crippen LogP contribution in [0, 0.1) is 0 Å². The zero-order chi connectivity index (χ0) is 24.4. The van der Waals surface area contributed by atoms with Gasteiger partial charge >= 0.3 is 6.09 Å². The van der Waals surface area contributed by atoms with Gasteiger partial charge < -0.3 is 24.7 Å². The van der Waals surface area contributed by atoms with Crippen molar-refractivity contribution in [2.24, 2.45) is 0 Å². The maximum atomic E-state index is 12.7. The fourth-order valence-corrected chi connectivity index (χ4v) is 5.15. The SMILES string of the molecule is O=C(Nc1cc(N2CC(CNC(=O)c3ccc(Cl)s3)OC2=O)ccc1N1CCCC1)c1ccco1. The van der Waals surface area contributed by atoms with Crippen LogP contribution in [0.25, 0.3) is 0 Å². The second-order valence-corrected chi connectivity index (χ2v) is 9.97. The Kier molecular flexibility index (Phi) is 6.65. The molecule has 11 heteroatoms. The van der Waals surface area contributed by atoms with Crippen molar-refractivity contribution in [3.05, 3.63) is 63.7 Å². The number of hydrogen-bond acceptors (Lipinski definition) is 7. The van der Waals surface area contributed by atoms with Gasteiger partial charge in [-0.05, 0) is 55.3 Å². The molecule has 182 valence electrons. The molecule has 1 unspecified atom stereocenters. The average molecular weight is 515 g/mol. The first-order valence-corrected chi connectivity index (χ1v) is 12.4. The molecule has 0 radical (unpaired) electrons. The predicted octanol–water partition coefficient (Wildman–Crippen LogP) is 4.60. The van der Waals surface area contributed by atoms with Gasteiger partial charge in [0.25, 0.3) is 11.8 Å². The lowest BCUT2D eigenvalue weighted by atomic mass is 10.2. The summed E-state index contributed by atoms with van der Waals surface area (Å²) < 4.78 is 11.2. The molecule has 3 aromatic rings. The minimum Gasteiger partial charge on any atom is -0.459 e. The quantitative estimate of drug-likeness (QED) is 0.477. The van der Waals surface area contributed by atoms with Crippen molar-refractivity contribution >= 4 is 57.9 Å². The lowest BCUT2D eigenvalue weighted by Crippen LogP contribution is -2.34. The van der Waals surface area contributed by atoms with Crippen molar-refractivity contribution in [3.63, 3.8) is 0 Å². The number of nitrogens with one attached hydrogen (secondary N) is 2. The lowest BCUT2D eigenvalue weighted by molar-refractivity contribution is 0.0919. The standard InChI is InChI=1S/C24H23ClN4O5S/c25-21-8-7-20(35-21)23(31)26-13-16-14-29(24(32)34-16)15-5-6-18(28-9-1-2-10-28)17(12-15)27-22(30)19-4-3-11-33-19/h3-8,11-12,16H,1-2,9-10,13-14H2,(H,26,31)(H,27,30). The lowest BCUT2D eigenvalue weighted by Gasteiger charge is -2.23. The van der Waals surface area contributed by atoms with Crippen molar-refractivity contribution in [1.29, 1.82) is 0 Å². The van der Waals surface area contributed by atoms with Gasteiger partial charge in [0.15, 0.2) is 5.76 Å². The van der Waals surface area contributed by atoms with E-state index < -0.39 is 12.2 Å². The van der Waals surface area contributed by atoms with Crippen molar-refractivity contribution in [2.45, 2.75) is 18.9 Å². The number of ether oxygens (including phenoxy) is 1. The van der Waals surface area contributed by atoms with Crippen LogP contribution in [0.2, 0.25) is 4.34 Å². The molecule has 2 aromatic heterocycles. The number of anilines is 3. The molecule has 1 aromatic carbocycles. The number of rotatable bonds is 7. The summed E-state index contributed by atoms with van der Waals surface area (Å²) in [6, 6.07) is 12.1. The molecule has 5 rings (SSSR count). The second-order valence-electron chi connectivity index (χ2n) is 8.26. The van der Waals surface area contributed by atoms with E-state index in [4.69, 9.17) is 20.8 Å². The van der Waals surface area contributed by atoms with Crippen LogP contribution in [0.4, 0.5) is 21.9 Å². The van der Waals surface area contributed by atoms with E-state index in [0.29, 0.717) is 20.6 Å². The molecule has 1 atom stereocenters. The van der Waals surface area contributed by atoms with Gasteiger partial charge in [-0.3, -0.25) is 14.5 Å². The van der Waals surface area contributed by atoms with Gasteiger partial charge in [0, 0.05) is 18.8 Å². The summed E-state index contributed by atoms with van der Waals surface area (Å²) in [5.74, 6) is -0.439. The van der Waals surface area contributed by atoms with Gasteiger partial charge in [-0.2, -0.15) is 0 Å². The van der Waals surface area contributed by atoms with E-state index in [1.165, 1.54) is 22.5 Å². The zero-order valence-electron chi connectivity index (χ0n) is 18.7. The molecule has 2 aliphatic rings. The van der Waals surface area contributed by atoms with Crippen LogP contribution < -0.4 is 20.4 Å². The molecule has 2 N–H and O–H groups in total. The molecule has 0 bridgehead atoms. The highest BCUT2D eigenvalue weighted by molar-refractivity contribution is 7.18. The van der Waals surface area contributed by atoms with Crippen LogP contribution >= 0.6 is 22.9 Å². The average Bonchev–Trinajstić information content (AvgIpc) is 3.65. The van der Waals surface area contributed by atoms with Crippen LogP contribution in [0.15, 0.2) is 53.1 Å². The second kappa shape index (κ2) is 10.0. The van der Waals surface area contributed by atoms with E-state index in [1.54, 1.807) is 30.3 Å². The number of halogens is 1. The summed E-state index contributed by atoms with van der Waals surface area (Å²) in [6.45, 7) is 2.22. The topological polar surface area (TPSA) is 104 Å². The Hall–Kier alpha value is -3.50. The van der Waals surface area contributed by atoms with Gasteiger partial charge in [-0.15, -0.1) is 11.3 Å². The minimum absolute atomic E-state index is 0.171. The molecular weight excluding hydrogens is 492 g/mol. The fraction of sp³-hybridized carbons (Fsp3) is 0.292. The smallest absolute Gasteiger partial charge is 0.414 e. The summed E-state index contributed by atoms with van der Waals surface area (Å²) in [5, 5.41) is 5.70. The number of nitrogens with zero attached hydrogens (tertiary/aromatic N) is 2. The minimum atomic E-state index is -0.513. The molecular formula is C24H23ClN4O5S. The Balaban J connectivity index is 1.30. The first kappa shape index (κ1) is 23.3. The fourth-order valence-electron chi connectivity index (χ4n) is 4.19. The Morgan fingerprint density at radius 1 is 1.11 bits per heavy atom. The van der Waals surface area contributed by atoms with Crippen LogP contribution in [0.3, 0.4) is 0 Å². The van der Waals surface area contributed by atoms with Gasteiger partial charge in [-0.1, -0.05) is 11.6 Å². The summed E-state index contributed by atoms with van der Waals surface area (Å²) in [4.78, 5) is 41.8. The summed E-state index contributed by atoms with van der Waals surface area (Å²) in [7, 11) is 0. The Morgan fingerprint density at radius 3 is 2.66 bits per heavy atom. The Bertz CT molecular complexity index is 1240. The highest BCUT2D eigenvalue weighted by atomic mass is 35.5. The number of cyclic esters (lactones) is 1. The molecule has 2 fully saturated rings. The highest BCUT2D eigenvalue weighted by Gasteiger charge is 2.33. The number of benzene rings is 1. The maximum absolute atomic E-state index is 12.7. The van der Waals surface area contributed by atoms with E-state index >= 15 is 0 Å². The van der Waals surface area contributed by atoms with Crippen molar-refractivity contribution in [1.82, 2.24) is 5.32 Å². The van der Waals surface area contributed by atoms with E-state index in [0.717, 1.165) is 31.6 Å². The van der Waals surface area contributed by atoms with Gasteiger partial charge in [-0.25, -0.2) is 4.79 Å². The van der Waals surface area contributed by atoms with E-state index in [-0.39, 0.29) is 30.7 Å². The zero-order valence-corrected chi connectivity index (χ0v) is 20.2. The van der Waals surface area contributed by atoms with Crippen molar-refractivity contribution in [2.75, 3.05) is 41.3 Å². The number of carbonyl (C=O) groups is 3. The predicted molar refractivity (Wildman–Crippen MR) is 134 cm³/mol. The van der Waals surface area contributed by atoms with E-state index in [9.17, 15) is 14.4 Å². The van der Waals surface area contributed by atoms with Crippen LogP contribution in [-0.2, 0) is 4.74 Å². The normalized spacial score (nSPS) is 17.5. The molecule has 0 aliphatic carbocycles. The summed E-state index contributed by atoms with van der Waals surface area (Å²) in [5.41, 5.74) is 2.06. The monoisotopic (exact) mass is 514 g/mol. The van der Waals surface area contributed by atoms with E-state index in [2.05, 4.69) is 15.5 Å². The first-order valence-electron chi connectivity index (χ1n) is 11.2. The van der Waals surface area contributed by atoms with Crippen LogP contribution in [0.5, 0.6) is 0 Å². The molecule has 4 heterocycles. The molecule has 0 saturated carbocycles. The maximum Gasteiger partial charge on any atom is 0.414 e. The molecule has 9 nitrogen and oxygen atoms in total. The molecule has 2 saturated heterocycles. The molecule has 2 aliphatic heterocycles.